The molecule has 2 fully saturated rings. The van der Waals surface area contributed by atoms with E-state index >= 15 is 0 Å². The quantitative estimate of drug-likeness (QED) is 0.775. The van der Waals surface area contributed by atoms with Crippen LogP contribution >= 0.6 is 0 Å². The molecule has 1 spiro atoms. The second kappa shape index (κ2) is 4.97. The van der Waals surface area contributed by atoms with Crippen LogP contribution in [0.3, 0.4) is 0 Å². The molecule has 3 amide bonds. The molecule has 0 aromatic carbocycles. The SMILES string of the molecule is CCC1CCC2(CC1)NC(=O)N(CCC#N)C2=O. The van der Waals surface area contributed by atoms with Gasteiger partial charge in [0.05, 0.1) is 12.5 Å². The molecule has 18 heavy (non-hydrogen) atoms. The summed E-state index contributed by atoms with van der Waals surface area (Å²) >= 11 is 0. The van der Waals surface area contributed by atoms with Crippen molar-refractivity contribution in [2.24, 2.45) is 5.92 Å². The number of nitrogens with one attached hydrogen (secondary N) is 1. The fourth-order valence-corrected chi connectivity index (χ4v) is 2.96. The normalized spacial score (nSPS) is 31.6. The van der Waals surface area contributed by atoms with Gasteiger partial charge in [-0.2, -0.15) is 5.26 Å². The zero-order valence-corrected chi connectivity index (χ0v) is 10.7. The van der Waals surface area contributed by atoms with Gasteiger partial charge in [0.2, 0.25) is 0 Å². The minimum Gasteiger partial charge on any atom is -0.323 e. The van der Waals surface area contributed by atoms with Crippen molar-refractivity contribution in [2.75, 3.05) is 6.54 Å². The van der Waals surface area contributed by atoms with Crippen molar-refractivity contribution in [2.45, 2.75) is 51.0 Å². The summed E-state index contributed by atoms with van der Waals surface area (Å²) in [4.78, 5) is 25.3. The van der Waals surface area contributed by atoms with Gasteiger partial charge in [-0.25, -0.2) is 4.79 Å². The fourth-order valence-electron chi connectivity index (χ4n) is 2.96. The van der Waals surface area contributed by atoms with Crippen LogP contribution in [0.15, 0.2) is 0 Å². The highest BCUT2D eigenvalue weighted by Gasteiger charge is 2.51. The largest absolute Gasteiger partial charge is 0.325 e. The predicted molar refractivity (Wildman–Crippen MR) is 65.5 cm³/mol. The summed E-state index contributed by atoms with van der Waals surface area (Å²) in [5.74, 6) is 0.547. The van der Waals surface area contributed by atoms with E-state index in [-0.39, 0.29) is 24.9 Å². The van der Waals surface area contributed by atoms with Crippen LogP contribution in [0.25, 0.3) is 0 Å². The van der Waals surface area contributed by atoms with Crippen LogP contribution in [0.1, 0.15) is 45.4 Å². The molecule has 0 atom stereocenters. The number of imide groups is 1. The van der Waals surface area contributed by atoms with Crippen LogP contribution in [-0.4, -0.2) is 28.9 Å². The highest BCUT2D eigenvalue weighted by Crippen LogP contribution is 2.37. The average molecular weight is 249 g/mol. The molecule has 0 bridgehead atoms. The van der Waals surface area contributed by atoms with Gasteiger partial charge in [0.25, 0.3) is 5.91 Å². The standard InChI is InChI=1S/C13H19N3O2/c1-2-10-4-6-13(7-5-10)11(17)16(9-3-8-14)12(18)15-13/h10H,2-7,9H2,1H3,(H,15,18). The minimum atomic E-state index is -0.668. The summed E-state index contributed by atoms with van der Waals surface area (Å²) in [5, 5.41) is 11.4. The molecular weight excluding hydrogens is 230 g/mol. The van der Waals surface area contributed by atoms with E-state index in [2.05, 4.69) is 12.2 Å². The van der Waals surface area contributed by atoms with Crippen molar-refractivity contribution >= 4 is 11.9 Å². The maximum absolute atomic E-state index is 12.3. The number of carbonyl (C=O) groups is 2. The Labute approximate surface area is 107 Å². The molecule has 5 heteroatoms. The Morgan fingerprint density at radius 1 is 1.44 bits per heavy atom. The van der Waals surface area contributed by atoms with Gasteiger partial charge in [0.1, 0.15) is 5.54 Å². The molecular formula is C13H19N3O2. The second-order valence-electron chi connectivity index (χ2n) is 5.23. The van der Waals surface area contributed by atoms with Crippen molar-refractivity contribution in [1.82, 2.24) is 10.2 Å². The van der Waals surface area contributed by atoms with Crippen molar-refractivity contribution < 1.29 is 9.59 Å². The van der Waals surface area contributed by atoms with Crippen LogP contribution in [0.4, 0.5) is 4.79 Å². The molecule has 98 valence electrons. The molecule has 0 unspecified atom stereocenters. The van der Waals surface area contributed by atoms with Crippen LogP contribution in [0.5, 0.6) is 0 Å². The molecule has 1 aliphatic heterocycles. The van der Waals surface area contributed by atoms with Gasteiger partial charge in [-0.3, -0.25) is 9.69 Å². The molecule has 1 saturated carbocycles. The first-order chi connectivity index (χ1) is 8.63. The number of rotatable bonds is 3. The van der Waals surface area contributed by atoms with Gasteiger partial charge < -0.3 is 5.32 Å². The lowest BCUT2D eigenvalue weighted by Gasteiger charge is -2.34. The van der Waals surface area contributed by atoms with Crippen molar-refractivity contribution in [1.29, 1.82) is 5.26 Å². The first kappa shape index (κ1) is 12.9. The average Bonchev–Trinajstić information content (AvgIpc) is 2.60. The first-order valence-electron chi connectivity index (χ1n) is 6.64. The van der Waals surface area contributed by atoms with Gasteiger partial charge in [-0.15, -0.1) is 0 Å². The van der Waals surface area contributed by atoms with Crippen LogP contribution in [0, 0.1) is 17.2 Å². The lowest BCUT2D eigenvalue weighted by molar-refractivity contribution is -0.132. The van der Waals surface area contributed by atoms with Crippen LogP contribution in [0.2, 0.25) is 0 Å². The molecule has 0 radical (unpaired) electrons. The van der Waals surface area contributed by atoms with E-state index in [1.54, 1.807) is 0 Å². The Morgan fingerprint density at radius 2 is 2.11 bits per heavy atom. The zero-order chi connectivity index (χ0) is 13.2. The van der Waals surface area contributed by atoms with E-state index in [0.717, 1.165) is 32.1 Å². The Kier molecular flexibility index (Phi) is 3.55. The fraction of sp³-hybridized carbons (Fsp3) is 0.769. The van der Waals surface area contributed by atoms with E-state index in [0.29, 0.717) is 5.92 Å². The van der Waals surface area contributed by atoms with Crippen LogP contribution < -0.4 is 5.32 Å². The zero-order valence-electron chi connectivity index (χ0n) is 10.7. The third-order valence-corrected chi connectivity index (χ3v) is 4.23. The number of hydrogen-bond acceptors (Lipinski definition) is 3. The summed E-state index contributed by atoms with van der Waals surface area (Å²) in [6.07, 6.45) is 4.80. The number of hydrogen-bond donors (Lipinski definition) is 1. The first-order valence-corrected chi connectivity index (χ1v) is 6.64. The van der Waals surface area contributed by atoms with E-state index in [9.17, 15) is 9.59 Å². The number of amides is 3. The van der Waals surface area contributed by atoms with E-state index in [1.807, 2.05) is 6.07 Å². The molecule has 1 heterocycles. The molecule has 2 aliphatic rings. The topological polar surface area (TPSA) is 73.2 Å². The molecule has 0 aromatic heterocycles. The lowest BCUT2D eigenvalue weighted by Crippen LogP contribution is -2.49. The summed E-state index contributed by atoms with van der Waals surface area (Å²) in [6, 6.07) is 1.64. The second-order valence-corrected chi connectivity index (χ2v) is 5.23. The predicted octanol–water partition coefficient (Wildman–Crippen LogP) is 1.79. The van der Waals surface area contributed by atoms with Crippen molar-refractivity contribution in [3.8, 4) is 6.07 Å². The third kappa shape index (κ3) is 2.07. The Hall–Kier alpha value is -1.57. The monoisotopic (exact) mass is 249 g/mol. The van der Waals surface area contributed by atoms with Gasteiger partial charge >= 0.3 is 6.03 Å². The number of urea groups is 1. The molecule has 0 aromatic rings. The Bertz CT molecular complexity index is 392. The summed E-state index contributed by atoms with van der Waals surface area (Å²) in [5.41, 5.74) is -0.668. The molecule has 1 N–H and O–H groups in total. The molecule has 1 saturated heterocycles. The highest BCUT2D eigenvalue weighted by atomic mass is 16.2. The third-order valence-electron chi connectivity index (χ3n) is 4.23. The maximum atomic E-state index is 12.3. The number of carbonyl (C=O) groups excluding carboxylic acids is 2. The number of nitrogens with zero attached hydrogens (tertiary/aromatic N) is 2. The minimum absolute atomic E-state index is 0.127. The van der Waals surface area contributed by atoms with E-state index in [1.165, 1.54) is 4.90 Å². The molecule has 5 nitrogen and oxygen atoms in total. The van der Waals surface area contributed by atoms with Gasteiger partial charge in [0.15, 0.2) is 0 Å². The summed E-state index contributed by atoms with van der Waals surface area (Å²) in [7, 11) is 0. The lowest BCUT2D eigenvalue weighted by atomic mass is 9.75. The molecule has 1 aliphatic carbocycles. The van der Waals surface area contributed by atoms with Gasteiger partial charge in [0, 0.05) is 6.54 Å². The van der Waals surface area contributed by atoms with Gasteiger partial charge in [-0.05, 0) is 31.6 Å². The van der Waals surface area contributed by atoms with E-state index in [4.69, 9.17) is 5.26 Å². The highest BCUT2D eigenvalue weighted by molar-refractivity contribution is 6.07. The Morgan fingerprint density at radius 3 is 2.67 bits per heavy atom. The Balaban J connectivity index is 2.06. The smallest absolute Gasteiger partial charge is 0.323 e. The molecule has 2 rings (SSSR count). The van der Waals surface area contributed by atoms with Gasteiger partial charge in [-0.1, -0.05) is 13.3 Å². The van der Waals surface area contributed by atoms with E-state index < -0.39 is 5.54 Å². The number of nitriles is 1. The summed E-state index contributed by atoms with van der Waals surface area (Å²) < 4.78 is 0. The van der Waals surface area contributed by atoms with Crippen LogP contribution in [-0.2, 0) is 4.79 Å². The van der Waals surface area contributed by atoms with Crippen molar-refractivity contribution in [3.05, 3.63) is 0 Å². The van der Waals surface area contributed by atoms with Crippen molar-refractivity contribution in [3.63, 3.8) is 0 Å². The maximum Gasteiger partial charge on any atom is 0.325 e. The summed E-state index contributed by atoms with van der Waals surface area (Å²) in [6.45, 7) is 2.37.